The Morgan fingerprint density at radius 2 is 2.33 bits per heavy atom. The van der Waals surface area contributed by atoms with Crippen molar-refractivity contribution in [2.45, 2.75) is 13.3 Å². The van der Waals surface area contributed by atoms with E-state index in [1.54, 1.807) is 25.1 Å². The van der Waals surface area contributed by atoms with Crippen molar-refractivity contribution in [3.63, 3.8) is 0 Å². The van der Waals surface area contributed by atoms with Gasteiger partial charge in [-0.05, 0) is 18.2 Å². The third-order valence-corrected chi connectivity index (χ3v) is 2.02. The minimum Gasteiger partial charge on any atom is -0.408 e. The van der Waals surface area contributed by atoms with Gasteiger partial charge in [-0.25, -0.2) is 4.79 Å². The molecule has 78 valence electrons. The minimum atomic E-state index is -0.496. The summed E-state index contributed by atoms with van der Waals surface area (Å²) in [5.74, 6) is -0.566. The second-order valence-corrected chi connectivity index (χ2v) is 3.13. The zero-order chi connectivity index (χ0) is 10.8. The molecular weight excluding hydrogens is 196 g/mol. The zero-order valence-corrected chi connectivity index (χ0v) is 8.16. The van der Waals surface area contributed by atoms with E-state index in [0.717, 1.165) is 0 Å². The van der Waals surface area contributed by atoms with Gasteiger partial charge in [0.25, 0.3) is 0 Å². The van der Waals surface area contributed by atoms with Crippen LogP contribution in [0.1, 0.15) is 13.3 Å². The fourth-order valence-electron chi connectivity index (χ4n) is 1.28. The molecule has 1 aromatic heterocycles. The van der Waals surface area contributed by atoms with Crippen LogP contribution in [0.15, 0.2) is 27.4 Å². The molecule has 0 atom stereocenters. The molecule has 0 saturated carbocycles. The molecule has 0 aliphatic rings. The van der Waals surface area contributed by atoms with Crippen LogP contribution in [0.2, 0.25) is 0 Å². The number of benzene rings is 1. The standard InChI is InChI=1S/C10H10N2O3/c1-2-9(13)11-6-3-4-8-7(5-6)12-10(14)15-8/h3-5H,2H2,1H3,(H,11,13)(H,12,14). The van der Waals surface area contributed by atoms with Crippen LogP contribution in [-0.2, 0) is 4.79 Å². The van der Waals surface area contributed by atoms with Crippen LogP contribution in [0.5, 0.6) is 0 Å². The lowest BCUT2D eigenvalue weighted by Gasteiger charge is -2.01. The van der Waals surface area contributed by atoms with E-state index >= 15 is 0 Å². The number of aromatic amines is 1. The second kappa shape index (κ2) is 3.61. The van der Waals surface area contributed by atoms with E-state index in [4.69, 9.17) is 4.42 Å². The third-order valence-electron chi connectivity index (χ3n) is 2.02. The highest BCUT2D eigenvalue weighted by Crippen LogP contribution is 2.15. The van der Waals surface area contributed by atoms with E-state index in [0.29, 0.717) is 23.2 Å². The Morgan fingerprint density at radius 1 is 1.53 bits per heavy atom. The van der Waals surface area contributed by atoms with Gasteiger partial charge < -0.3 is 9.73 Å². The average molecular weight is 206 g/mol. The highest BCUT2D eigenvalue weighted by Gasteiger charge is 2.03. The predicted molar refractivity (Wildman–Crippen MR) is 55.8 cm³/mol. The number of hydrogen-bond acceptors (Lipinski definition) is 3. The Kier molecular flexibility index (Phi) is 2.29. The van der Waals surface area contributed by atoms with Gasteiger partial charge in [0.1, 0.15) is 0 Å². The topological polar surface area (TPSA) is 75.1 Å². The molecule has 0 spiro atoms. The summed E-state index contributed by atoms with van der Waals surface area (Å²) in [6, 6.07) is 4.99. The zero-order valence-electron chi connectivity index (χ0n) is 8.16. The largest absolute Gasteiger partial charge is 0.417 e. The third kappa shape index (κ3) is 1.90. The fraction of sp³-hybridized carbons (Fsp3) is 0.200. The first kappa shape index (κ1) is 9.51. The number of aromatic nitrogens is 1. The van der Waals surface area contributed by atoms with E-state index in [2.05, 4.69) is 10.3 Å². The molecule has 15 heavy (non-hydrogen) atoms. The van der Waals surface area contributed by atoms with Gasteiger partial charge in [0, 0.05) is 12.1 Å². The first-order valence-corrected chi connectivity index (χ1v) is 4.62. The van der Waals surface area contributed by atoms with Gasteiger partial charge in [-0.15, -0.1) is 0 Å². The molecule has 0 unspecified atom stereocenters. The van der Waals surface area contributed by atoms with Crippen molar-refractivity contribution in [3.05, 3.63) is 28.7 Å². The molecule has 2 aromatic rings. The molecule has 0 aliphatic carbocycles. The lowest BCUT2D eigenvalue weighted by Crippen LogP contribution is -2.09. The summed E-state index contributed by atoms with van der Waals surface area (Å²) < 4.78 is 4.83. The number of nitrogens with one attached hydrogen (secondary N) is 2. The summed E-state index contributed by atoms with van der Waals surface area (Å²) in [7, 11) is 0. The van der Waals surface area contributed by atoms with E-state index in [1.165, 1.54) is 0 Å². The molecule has 0 aliphatic heterocycles. The lowest BCUT2D eigenvalue weighted by molar-refractivity contribution is -0.115. The fourth-order valence-corrected chi connectivity index (χ4v) is 1.28. The monoisotopic (exact) mass is 206 g/mol. The summed E-state index contributed by atoms with van der Waals surface area (Å²) in [4.78, 5) is 24.5. The van der Waals surface area contributed by atoms with E-state index < -0.39 is 5.76 Å². The SMILES string of the molecule is CCC(=O)Nc1ccc2oc(=O)[nH]c2c1. The Bertz CT molecular complexity index is 553. The smallest absolute Gasteiger partial charge is 0.408 e. The Labute approximate surface area is 85.1 Å². The molecule has 2 rings (SSSR count). The molecule has 1 aromatic carbocycles. The number of carbonyl (C=O) groups is 1. The molecule has 2 N–H and O–H groups in total. The Balaban J connectivity index is 2.38. The molecule has 0 radical (unpaired) electrons. The molecule has 5 nitrogen and oxygen atoms in total. The number of anilines is 1. The number of hydrogen-bond donors (Lipinski definition) is 2. The molecule has 0 bridgehead atoms. The lowest BCUT2D eigenvalue weighted by atomic mass is 10.3. The van der Waals surface area contributed by atoms with Gasteiger partial charge >= 0.3 is 5.76 Å². The van der Waals surface area contributed by atoms with Gasteiger partial charge in [0.2, 0.25) is 5.91 Å². The number of oxazole rings is 1. The highest BCUT2D eigenvalue weighted by molar-refractivity contribution is 5.92. The van der Waals surface area contributed by atoms with Crippen molar-refractivity contribution in [2.75, 3.05) is 5.32 Å². The Morgan fingerprint density at radius 3 is 3.07 bits per heavy atom. The van der Waals surface area contributed by atoms with Crippen LogP contribution in [0, 0.1) is 0 Å². The quantitative estimate of drug-likeness (QED) is 0.781. The van der Waals surface area contributed by atoms with E-state index in [-0.39, 0.29) is 5.91 Å². The van der Waals surface area contributed by atoms with Gasteiger partial charge in [0.15, 0.2) is 5.58 Å². The summed E-state index contributed by atoms with van der Waals surface area (Å²) in [6.07, 6.45) is 0.417. The van der Waals surface area contributed by atoms with Crippen LogP contribution < -0.4 is 11.1 Å². The molecule has 0 fully saturated rings. The van der Waals surface area contributed by atoms with Crippen molar-refractivity contribution in [2.24, 2.45) is 0 Å². The van der Waals surface area contributed by atoms with Crippen molar-refractivity contribution in [1.29, 1.82) is 0 Å². The first-order chi connectivity index (χ1) is 7.19. The number of rotatable bonds is 2. The summed E-state index contributed by atoms with van der Waals surface area (Å²) in [5.41, 5.74) is 1.70. The summed E-state index contributed by atoms with van der Waals surface area (Å²) in [5, 5.41) is 2.69. The number of amides is 1. The second-order valence-electron chi connectivity index (χ2n) is 3.13. The van der Waals surface area contributed by atoms with Crippen LogP contribution >= 0.6 is 0 Å². The summed E-state index contributed by atoms with van der Waals surface area (Å²) >= 11 is 0. The van der Waals surface area contributed by atoms with Gasteiger partial charge in [-0.3, -0.25) is 9.78 Å². The highest BCUT2D eigenvalue weighted by atomic mass is 16.4. The number of fused-ring (bicyclic) bond motifs is 1. The van der Waals surface area contributed by atoms with Crippen molar-refractivity contribution < 1.29 is 9.21 Å². The van der Waals surface area contributed by atoms with Crippen molar-refractivity contribution in [3.8, 4) is 0 Å². The first-order valence-electron chi connectivity index (χ1n) is 4.62. The van der Waals surface area contributed by atoms with E-state index in [1.807, 2.05) is 0 Å². The van der Waals surface area contributed by atoms with Crippen LogP contribution in [-0.4, -0.2) is 10.9 Å². The van der Waals surface area contributed by atoms with Gasteiger partial charge in [0.05, 0.1) is 5.52 Å². The normalized spacial score (nSPS) is 10.5. The van der Waals surface area contributed by atoms with E-state index in [9.17, 15) is 9.59 Å². The number of H-pyrrole nitrogens is 1. The van der Waals surface area contributed by atoms with Crippen LogP contribution in [0.3, 0.4) is 0 Å². The average Bonchev–Trinajstić information content (AvgIpc) is 2.57. The maximum Gasteiger partial charge on any atom is 0.417 e. The number of carbonyl (C=O) groups excluding carboxylic acids is 1. The molecule has 0 saturated heterocycles. The molecule has 1 heterocycles. The Hall–Kier alpha value is -2.04. The van der Waals surface area contributed by atoms with Crippen molar-refractivity contribution in [1.82, 2.24) is 4.98 Å². The maximum atomic E-state index is 11.1. The molecule has 1 amide bonds. The van der Waals surface area contributed by atoms with Crippen molar-refractivity contribution >= 4 is 22.7 Å². The molecular formula is C10H10N2O3. The summed E-state index contributed by atoms with van der Waals surface area (Å²) in [6.45, 7) is 1.77. The van der Waals surface area contributed by atoms with Crippen LogP contribution in [0.4, 0.5) is 5.69 Å². The predicted octanol–water partition coefficient (Wildman–Crippen LogP) is 1.47. The maximum absolute atomic E-state index is 11.1. The van der Waals surface area contributed by atoms with Gasteiger partial charge in [-0.2, -0.15) is 0 Å². The van der Waals surface area contributed by atoms with Gasteiger partial charge in [-0.1, -0.05) is 6.92 Å². The van der Waals surface area contributed by atoms with Crippen LogP contribution in [0.25, 0.3) is 11.1 Å². The minimum absolute atomic E-state index is 0.0693. The molecule has 5 heteroatoms.